The van der Waals surface area contributed by atoms with Gasteiger partial charge in [-0.1, -0.05) is 11.6 Å². The van der Waals surface area contributed by atoms with E-state index in [0.29, 0.717) is 49.9 Å². The summed E-state index contributed by atoms with van der Waals surface area (Å²) in [6.45, 7) is 4.54. The van der Waals surface area contributed by atoms with Crippen LogP contribution in [0.5, 0.6) is 11.5 Å². The summed E-state index contributed by atoms with van der Waals surface area (Å²) in [6.07, 6.45) is 0. The van der Waals surface area contributed by atoms with Crippen molar-refractivity contribution in [3.05, 3.63) is 53.1 Å². The van der Waals surface area contributed by atoms with E-state index in [0.717, 1.165) is 10.6 Å². The van der Waals surface area contributed by atoms with Crippen molar-refractivity contribution in [2.24, 2.45) is 0 Å². The zero-order valence-electron chi connectivity index (χ0n) is 17.1. The number of piperazine rings is 1. The van der Waals surface area contributed by atoms with Crippen molar-refractivity contribution in [3.63, 3.8) is 0 Å². The van der Waals surface area contributed by atoms with E-state index in [1.165, 1.54) is 17.5 Å². The highest BCUT2D eigenvalue weighted by Crippen LogP contribution is 2.29. The van der Waals surface area contributed by atoms with Gasteiger partial charge in [0.1, 0.15) is 22.9 Å². The number of quaternary nitrogens is 1. The molecule has 1 N–H and O–H groups in total. The molecule has 1 heterocycles. The third kappa shape index (κ3) is 5.13. The second-order valence-corrected chi connectivity index (χ2v) is 9.35. The molecular weight excluding hydrogens is 428 g/mol. The second kappa shape index (κ2) is 9.78. The molecule has 7 nitrogen and oxygen atoms in total. The minimum absolute atomic E-state index is 0.0286. The summed E-state index contributed by atoms with van der Waals surface area (Å²) in [5, 5.41) is 0.333. The van der Waals surface area contributed by atoms with Crippen LogP contribution >= 0.6 is 11.6 Å². The third-order valence-electron chi connectivity index (χ3n) is 5.07. The molecular formula is C21H26ClN2O5S+. The number of nitrogens with one attached hydrogen (secondary N) is 1. The maximum absolute atomic E-state index is 13.1. The Labute approximate surface area is 182 Å². The number of carbonyl (C=O) groups excluding carboxylic acids is 1. The summed E-state index contributed by atoms with van der Waals surface area (Å²) in [7, 11) is -2.30. The van der Waals surface area contributed by atoms with Crippen molar-refractivity contribution < 1.29 is 27.6 Å². The van der Waals surface area contributed by atoms with E-state index in [4.69, 9.17) is 21.1 Å². The highest BCUT2D eigenvalue weighted by molar-refractivity contribution is 7.89. The van der Waals surface area contributed by atoms with Crippen LogP contribution < -0.4 is 14.4 Å². The predicted molar refractivity (Wildman–Crippen MR) is 114 cm³/mol. The molecule has 1 aliphatic rings. The molecule has 0 spiro atoms. The van der Waals surface area contributed by atoms with Crippen molar-refractivity contribution in [1.82, 2.24) is 4.31 Å². The number of rotatable bonds is 8. The predicted octanol–water partition coefficient (Wildman–Crippen LogP) is 1.52. The number of ketones is 1. The van der Waals surface area contributed by atoms with Gasteiger partial charge in [-0.3, -0.25) is 4.79 Å². The third-order valence-corrected chi connectivity index (χ3v) is 7.23. The summed E-state index contributed by atoms with van der Waals surface area (Å²) in [6, 6.07) is 11.6. The van der Waals surface area contributed by atoms with Gasteiger partial charge in [-0.25, -0.2) is 8.42 Å². The fourth-order valence-corrected chi connectivity index (χ4v) is 5.30. The molecule has 0 unspecified atom stereocenters. The lowest BCUT2D eigenvalue weighted by Crippen LogP contribution is -3.15. The van der Waals surface area contributed by atoms with Crippen LogP contribution in [0.2, 0.25) is 5.02 Å². The molecule has 2 aromatic rings. The molecule has 0 radical (unpaired) electrons. The van der Waals surface area contributed by atoms with Crippen molar-refractivity contribution >= 4 is 27.4 Å². The normalized spacial score (nSPS) is 15.7. The van der Waals surface area contributed by atoms with E-state index < -0.39 is 10.0 Å². The molecule has 0 aliphatic carbocycles. The molecule has 1 fully saturated rings. The smallest absolute Gasteiger partial charge is 0.247 e. The molecule has 0 aromatic heterocycles. The van der Waals surface area contributed by atoms with E-state index in [1.807, 2.05) is 6.92 Å². The van der Waals surface area contributed by atoms with Gasteiger partial charge < -0.3 is 14.4 Å². The fourth-order valence-electron chi connectivity index (χ4n) is 3.44. The Morgan fingerprint density at radius 1 is 1.13 bits per heavy atom. The topological polar surface area (TPSA) is 77.4 Å². The van der Waals surface area contributed by atoms with Gasteiger partial charge in [0.15, 0.2) is 0 Å². The quantitative estimate of drug-likeness (QED) is 0.613. The first-order valence-electron chi connectivity index (χ1n) is 9.78. The van der Waals surface area contributed by atoms with E-state index in [-0.39, 0.29) is 16.4 Å². The van der Waals surface area contributed by atoms with Crippen LogP contribution in [0.3, 0.4) is 0 Å². The Morgan fingerprint density at radius 2 is 1.80 bits per heavy atom. The zero-order chi connectivity index (χ0) is 21.7. The lowest BCUT2D eigenvalue weighted by molar-refractivity contribution is -0.895. The molecule has 0 atom stereocenters. The molecule has 30 heavy (non-hydrogen) atoms. The Hall–Kier alpha value is -2.13. The summed E-state index contributed by atoms with van der Waals surface area (Å²) in [4.78, 5) is 13.7. The van der Waals surface area contributed by atoms with Crippen LogP contribution in [0.25, 0.3) is 0 Å². The molecule has 2 aromatic carbocycles. The minimum atomic E-state index is -3.73. The average Bonchev–Trinajstić information content (AvgIpc) is 2.75. The van der Waals surface area contributed by atoms with Crippen LogP contribution in [0.1, 0.15) is 17.3 Å². The number of carbonyl (C=O) groups is 1. The largest absolute Gasteiger partial charge is 0.495 e. The first-order valence-corrected chi connectivity index (χ1v) is 11.6. The van der Waals surface area contributed by atoms with Gasteiger partial charge in [0.25, 0.3) is 0 Å². The van der Waals surface area contributed by atoms with Gasteiger partial charge in [-0.2, -0.15) is 4.31 Å². The molecule has 162 valence electrons. The van der Waals surface area contributed by atoms with Gasteiger partial charge in [0, 0.05) is 10.6 Å². The van der Waals surface area contributed by atoms with E-state index in [2.05, 4.69) is 0 Å². The standard InChI is InChI=1S/C21H25ClN2O5S/c1-3-29-18-7-4-16(5-8-18)19(25)15-23-10-12-24(13-11-23)30(26,27)21-14-17(22)6-9-20(21)28-2/h4-9,14H,3,10-13,15H2,1-2H3/p+1. The highest BCUT2D eigenvalue weighted by Gasteiger charge is 2.33. The Morgan fingerprint density at radius 3 is 2.40 bits per heavy atom. The van der Waals surface area contributed by atoms with Crippen molar-refractivity contribution in [2.45, 2.75) is 11.8 Å². The summed E-state index contributed by atoms with van der Waals surface area (Å²) >= 11 is 6.00. The molecule has 1 aliphatic heterocycles. The number of hydrogen-bond acceptors (Lipinski definition) is 5. The first-order chi connectivity index (χ1) is 14.3. The summed E-state index contributed by atoms with van der Waals surface area (Å²) < 4.78 is 38.1. The Balaban J connectivity index is 1.62. The second-order valence-electron chi connectivity index (χ2n) is 7.01. The molecule has 0 saturated carbocycles. The van der Waals surface area contributed by atoms with Crippen LogP contribution in [0.4, 0.5) is 0 Å². The highest BCUT2D eigenvalue weighted by atomic mass is 35.5. The van der Waals surface area contributed by atoms with Crippen molar-refractivity contribution in [1.29, 1.82) is 0 Å². The molecule has 3 rings (SSSR count). The monoisotopic (exact) mass is 453 g/mol. The number of halogens is 1. The van der Waals surface area contributed by atoms with Gasteiger partial charge in [-0.05, 0) is 49.4 Å². The van der Waals surface area contributed by atoms with E-state index >= 15 is 0 Å². The molecule has 1 saturated heterocycles. The number of ether oxygens (including phenoxy) is 2. The van der Waals surface area contributed by atoms with Gasteiger partial charge in [0.05, 0.1) is 39.9 Å². The SMILES string of the molecule is CCOc1ccc(C(=O)C[NH+]2CCN(S(=O)(=O)c3cc(Cl)ccc3OC)CC2)cc1. The summed E-state index contributed by atoms with van der Waals surface area (Å²) in [5.74, 6) is 1.03. The lowest BCUT2D eigenvalue weighted by Gasteiger charge is -2.31. The number of sulfonamides is 1. The Bertz CT molecular complexity index is 987. The van der Waals surface area contributed by atoms with Crippen LogP contribution in [-0.4, -0.2) is 64.9 Å². The number of nitrogens with zero attached hydrogens (tertiary/aromatic N) is 1. The van der Waals surface area contributed by atoms with Crippen LogP contribution in [0, 0.1) is 0 Å². The van der Waals surface area contributed by atoms with Crippen LogP contribution in [-0.2, 0) is 10.0 Å². The molecule has 9 heteroatoms. The fraction of sp³-hybridized carbons (Fsp3) is 0.381. The number of hydrogen-bond donors (Lipinski definition) is 1. The van der Waals surface area contributed by atoms with E-state index in [1.54, 1.807) is 36.4 Å². The van der Waals surface area contributed by atoms with Crippen LogP contribution in [0.15, 0.2) is 47.4 Å². The maximum Gasteiger partial charge on any atom is 0.247 e. The Kier molecular flexibility index (Phi) is 7.36. The van der Waals surface area contributed by atoms with E-state index in [9.17, 15) is 13.2 Å². The summed E-state index contributed by atoms with van der Waals surface area (Å²) in [5.41, 5.74) is 0.629. The number of Topliss-reactive ketones (excluding diaryl/α,β-unsaturated/α-hetero) is 1. The molecule has 0 bridgehead atoms. The average molecular weight is 454 g/mol. The number of benzene rings is 2. The van der Waals surface area contributed by atoms with Crippen molar-refractivity contribution in [3.8, 4) is 11.5 Å². The number of methoxy groups -OCH3 is 1. The molecule has 0 amide bonds. The van der Waals surface area contributed by atoms with Gasteiger partial charge in [0.2, 0.25) is 15.8 Å². The maximum atomic E-state index is 13.1. The van der Waals surface area contributed by atoms with Crippen molar-refractivity contribution in [2.75, 3.05) is 46.4 Å². The van der Waals surface area contributed by atoms with Gasteiger partial charge >= 0.3 is 0 Å². The van der Waals surface area contributed by atoms with Gasteiger partial charge in [-0.15, -0.1) is 0 Å². The zero-order valence-corrected chi connectivity index (χ0v) is 18.6. The lowest BCUT2D eigenvalue weighted by atomic mass is 10.1. The first kappa shape index (κ1) is 22.6. The minimum Gasteiger partial charge on any atom is -0.495 e.